The molecule has 2 rings (SSSR count). The van der Waals surface area contributed by atoms with Gasteiger partial charge in [0.1, 0.15) is 5.75 Å². The largest absolute Gasteiger partial charge is 1.00 e. The van der Waals surface area contributed by atoms with E-state index < -0.39 is 11.5 Å². The molecular formula is C15H19ClLiNO3. The summed E-state index contributed by atoms with van der Waals surface area (Å²) in [6.45, 7) is 5.40. The summed E-state index contributed by atoms with van der Waals surface area (Å²) in [6, 6.07) is 7.29. The zero-order valence-electron chi connectivity index (χ0n) is 12.8. The Labute approximate surface area is 142 Å². The number of ether oxygens (including phenoxy) is 1. The predicted octanol–water partition coefficient (Wildman–Crippen LogP) is -1.43. The zero-order valence-corrected chi connectivity index (χ0v) is 13.5. The number of nitrogens with zero attached hydrogens (tertiary/aromatic N) is 1. The maximum absolute atomic E-state index is 11.1. The minimum atomic E-state index is -1.03. The van der Waals surface area contributed by atoms with Crippen LogP contribution in [0.2, 0.25) is 5.02 Å². The van der Waals surface area contributed by atoms with Crippen LogP contribution in [-0.4, -0.2) is 36.1 Å². The van der Waals surface area contributed by atoms with Crippen LogP contribution < -0.4 is 28.7 Å². The van der Waals surface area contributed by atoms with Gasteiger partial charge in [-0.15, -0.1) is 0 Å². The van der Waals surface area contributed by atoms with Crippen LogP contribution in [0.15, 0.2) is 24.3 Å². The second-order valence-electron chi connectivity index (χ2n) is 5.72. The molecule has 1 aromatic carbocycles. The zero-order chi connectivity index (χ0) is 14.8. The summed E-state index contributed by atoms with van der Waals surface area (Å²) in [4.78, 5) is 13.1. The maximum Gasteiger partial charge on any atom is 1.00 e. The van der Waals surface area contributed by atoms with E-state index in [1.807, 2.05) is 17.0 Å². The normalized spacial score (nSPS) is 19.1. The molecule has 0 amide bonds. The molecular weight excluding hydrogens is 285 g/mol. The number of hydrogen-bond acceptors (Lipinski definition) is 4. The van der Waals surface area contributed by atoms with E-state index in [1.54, 1.807) is 26.0 Å². The Bertz CT molecular complexity index is 496. The van der Waals surface area contributed by atoms with E-state index in [9.17, 15) is 9.90 Å². The molecule has 1 fully saturated rings. The van der Waals surface area contributed by atoms with E-state index in [0.717, 1.165) is 18.7 Å². The fraction of sp³-hybridized carbons (Fsp3) is 0.533. The van der Waals surface area contributed by atoms with Crippen molar-refractivity contribution in [2.24, 2.45) is 5.92 Å². The molecule has 1 aliphatic heterocycles. The van der Waals surface area contributed by atoms with Gasteiger partial charge in [0.05, 0.1) is 18.1 Å². The number of likely N-dealkylation sites (tertiary alicyclic amines) is 1. The molecule has 1 heterocycles. The van der Waals surface area contributed by atoms with Crippen LogP contribution in [0.25, 0.3) is 0 Å². The number of halogens is 1. The van der Waals surface area contributed by atoms with E-state index in [4.69, 9.17) is 16.3 Å². The van der Waals surface area contributed by atoms with Gasteiger partial charge in [-0.1, -0.05) is 17.7 Å². The Morgan fingerprint density at radius 2 is 2.24 bits per heavy atom. The molecule has 4 nitrogen and oxygen atoms in total. The summed E-state index contributed by atoms with van der Waals surface area (Å²) in [5.41, 5.74) is -0.926. The molecule has 1 aromatic rings. The molecule has 6 heteroatoms. The van der Waals surface area contributed by atoms with E-state index in [0.29, 0.717) is 24.1 Å². The Hall–Kier alpha value is -0.663. The third-order valence-electron chi connectivity index (χ3n) is 3.86. The molecule has 0 unspecified atom stereocenters. The summed E-state index contributed by atoms with van der Waals surface area (Å²) in [7, 11) is 0. The quantitative estimate of drug-likeness (QED) is 0.626. The predicted molar refractivity (Wildman–Crippen MR) is 75.7 cm³/mol. The summed E-state index contributed by atoms with van der Waals surface area (Å²) < 4.78 is 5.72. The second-order valence-corrected chi connectivity index (χ2v) is 6.15. The minimum absolute atomic E-state index is 0. The van der Waals surface area contributed by atoms with Crippen molar-refractivity contribution in [1.82, 2.24) is 4.90 Å². The number of benzene rings is 1. The van der Waals surface area contributed by atoms with Crippen LogP contribution in [0.3, 0.4) is 0 Å². The van der Waals surface area contributed by atoms with E-state index in [2.05, 4.69) is 0 Å². The van der Waals surface area contributed by atoms with Crippen LogP contribution >= 0.6 is 11.6 Å². The van der Waals surface area contributed by atoms with Gasteiger partial charge in [0.15, 0.2) is 0 Å². The average Bonchev–Trinajstić information content (AvgIpc) is 2.85. The third kappa shape index (κ3) is 4.65. The number of rotatable bonds is 5. The Morgan fingerprint density at radius 1 is 1.52 bits per heavy atom. The summed E-state index contributed by atoms with van der Waals surface area (Å²) in [6.07, 6.45) is 0.928. The molecule has 0 spiro atoms. The van der Waals surface area contributed by atoms with Gasteiger partial charge in [-0.3, -0.25) is 4.90 Å². The summed E-state index contributed by atoms with van der Waals surface area (Å²) in [5.74, 6) is 0.0385. The van der Waals surface area contributed by atoms with E-state index in [-0.39, 0.29) is 18.9 Å². The standard InChI is InChI=1S/C15H20ClNO3.Li/c1-15(2,14(18)19)17-7-6-11(9-17)10-20-13-5-3-4-12(16)8-13;/h3-5,8,11H,6-7,9-10H2,1-2H3,(H,18,19);/q;+1/p-1/t11-;/m1./s1. The van der Waals surface area contributed by atoms with Crippen molar-refractivity contribution < 1.29 is 33.5 Å². The molecule has 110 valence electrons. The molecule has 0 N–H and O–H groups in total. The molecule has 0 aromatic heterocycles. The van der Waals surface area contributed by atoms with Crippen molar-refractivity contribution >= 4 is 17.6 Å². The second kappa shape index (κ2) is 7.55. The van der Waals surface area contributed by atoms with Crippen LogP contribution in [0.5, 0.6) is 5.75 Å². The Kier molecular flexibility index (Phi) is 6.61. The van der Waals surface area contributed by atoms with Crippen molar-refractivity contribution in [1.29, 1.82) is 0 Å². The first-order valence-electron chi connectivity index (χ1n) is 6.74. The van der Waals surface area contributed by atoms with E-state index in [1.165, 1.54) is 0 Å². The first-order valence-corrected chi connectivity index (χ1v) is 7.12. The SMILES string of the molecule is CC(C)(C(=O)[O-])N1CC[C@@H](COc2cccc(Cl)c2)C1.[Li+]. The van der Waals surface area contributed by atoms with Gasteiger partial charge in [-0.05, 0) is 45.0 Å². The van der Waals surface area contributed by atoms with Crippen molar-refractivity contribution in [3.63, 3.8) is 0 Å². The Balaban J connectivity index is 0.00000220. The number of carbonyl (C=O) groups excluding carboxylic acids is 1. The van der Waals surface area contributed by atoms with Gasteiger partial charge in [0.2, 0.25) is 0 Å². The van der Waals surface area contributed by atoms with Gasteiger partial charge in [0, 0.05) is 17.5 Å². The fourth-order valence-corrected chi connectivity index (χ4v) is 2.56. The van der Waals surface area contributed by atoms with Crippen molar-refractivity contribution in [2.75, 3.05) is 19.7 Å². The number of hydrogen-bond donors (Lipinski definition) is 0. The molecule has 1 aliphatic rings. The van der Waals surface area contributed by atoms with Gasteiger partial charge < -0.3 is 14.6 Å². The van der Waals surface area contributed by atoms with Crippen molar-refractivity contribution in [3.8, 4) is 5.75 Å². The third-order valence-corrected chi connectivity index (χ3v) is 4.09. The van der Waals surface area contributed by atoms with Gasteiger partial charge in [0.25, 0.3) is 0 Å². The minimum Gasteiger partial charge on any atom is -0.548 e. The van der Waals surface area contributed by atoms with Crippen LogP contribution in [0, 0.1) is 5.92 Å². The number of carbonyl (C=O) groups is 1. The molecule has 0 radical (unpaired) electrons. The smallest absolute Gasteiger partial charge is 0.548 e. The van der Waals surface area contributed by atoms with Gasteiger partial charge >= 0.3 is 18.9 Å². The Morgan fingerprint density at radius 3 is 2.86 bits per heavy atom. The maximum atomic E-state index is 11.1. The van der Waals surface area contributed by atoms with Gasteiger partial charge in [-0.2, -0.15) is 0 Å². The number of carboxylic acid groups (broad SMARTS) is 1. The summed E-state index contributed by atoms with van der Waals surface area (Å²) in [5, 5.41) is 11.8. The average molecular weight is 304 g/mol. The molecule has 0 aliphatic carbocycles. The summed E-state index contributed by atoms with van der Waals surface area (Å²) >= 11 is 5.90. The number of aliphatic carboxylic acids is 1. The first kappa shape index (κ1) is 18.4. The van der Waals surface area contributed by atoms with Crippen LogP contribution in [0.1, 0.15) is 20.3 Å². The van der Waals surface area contributed by atoms with Crippen LogP contribution in [-0.2, 0) is 4.79 Å². The monoisotopic (exact) mass is 303 g/mol. The molecule has 1 saturated heterocycles. The van der Waals surface area contributed by atoms with Gasteiger partial charge in [-0.25, -0.2) is 0 Å². The van der Waals surface area contributed by atoms with Crippen molar-refractivity contribution in [3.05, 3.63) is 29.3 Å². The van der Waals surface area contributed by atoms with E-state index >= 15 is 0 Å². The molecule has 0 bridgehead atoms. The van der Waals surface area contributed by atoms with Crippen LogP contribution in [0.4, 0.5) is 0 Å². The fourth-order valence-electron chi connectivity index (χ4n) is 2.38. The molecule has 21 heavy (non-hydrogen) atoms. The molecule has 0 saturated carbocycles. The topological polar surface area (TPSA) is 52.6 Å². The number of carboxylic acids is 1. The van der Waals surface area contributed by atoms with Crippen molar-refractivity contribution in [2.45, 2.75) is 25.8 Å². The molecule has 1 atom stereocenters. The first-order chi connectivity index (χ1) is 9.39.